The highest BCUT2D eigenvalue weighted by molar-refractivity contribution is 6.32. The van der Waals surface area contributed by atoms with Gasteiger partial charge in [0.15, 0.2) is 11.0 Å². The number of rotatable bonds is 3. The molecule has 0 bridgehead atoms. The molecule has 0 atom stereocenters. The van der Waals surface area contributed by atoms with Crippen LogP contribution in [0.1, 0.15) is 5.56 Å². The van der Waals surface area contributed by atoms with Crippen molar-refractivity contribution in [3.05, 3.63) is 41.6 Å². The molecule has 0 aliphatic carbocycles. The monoisotopic (exact) mass is 248 g/mol. The van der Waals surface area contributed by atoms with Crippen molar-refractivity contribution in [3.8, 4) is 0 Å². The summed E-state index contributed by atoms with van der Waals surface area (Å²) in [5, 5.41) is 4.18. The number of hydrazone groups is 1. The van der Waals surface area contributed by atoms with Crippen molar-refractivity contribution in [2.45, 2.75) is 0 Å². The Labute approximate surface area is 103 Å². The quantitative estimate of drug-likeness (QED) is 0.489. The Morgan fingerprint density at radius 3 is 2.82 bits per heavy atom. The van der Waals surface area contributed by atoms with E-state index in [-0.39, 0.29) is 10.8 Å². The minimum Gasteiger partial charge on any atom is -0.393 e. The molecular weight excluding hydrogens is 240 g/mol. The fraction of sp³-hybridized carbons (Fsp3) is 0. The molecule has 0 aliphatic heterocycles. The van der Waals surface area contributed by atoms with Crippen molar-refractivity contribution in [3.63, 3.8) is 0 Å². The van der Waals surface area contributed by atoms with Crippen LogP contribution in [0.25, 0.3) is 0 Å². The van der Waals surface area contributed by atoms with E-state index in [9.17, 15) is 0 Å². The minimum absolute atomic E-state index is 0.196. The Kier molecular flexibility index (Phi) is 3.46. The fourth-order valence-corrected chi connectivity index (χ4v) is 1.21. The van der Waals surface area contributed by atoms with Crippen molar-refractivity contribution in [2.24, 2.45) is 5.10 Å². The molecule has 0 radical (unpaired) electrons. The third-order valence-electron chi connectivity index (χ3n) is 1.93. The van der Waals surface area contributed by atoms with Gasteiger partial charge in [-0.05, 0) is 17.7 Å². The lowest BCUT2D eigenvalue weighted by molar-refractivity contribution is 1.14. The summed E-state index contributed by atoms with van der Waals surface area (Å²) in [5.41, 5.74) is 9.52. The number of hydrogen-bond acceptors (Lipinski definition) is 6. The van der Waals surface area contributed by atoms with Gasteiger partial charge in [0.2, 0.25) is 0 Å². The predicted octanol–water partition coefficient (Wildman–Crippen LogP) is 1.55. The van der Waals surface area contributed by atoms with E-state index in [2.05, 4.69) is 25.5 Å². The maximum absolute atomic E-state index is 5.73. The first-order valence-electron chi connectivity index (χ1n) is 4.72. The summed E-state index contributed by atoms with van der Waals surface area (Å²) in [7, 11) is 0. The van der Waals surface area contributed by atoms with Crippen LogP contribution >= 0.6 is 11.6 Å². The van der Waals surface area contributed by atoms with Crippen molar-refractivity contribution in [2.75, 3.05) is 11.2 Å². The number of halogens is 1. The summed E-state index contributed by atoms with van der Waals surface area (Å²) < 4.78 is 0. The summed E-state index contributed by atoms with van der Waals surface area (Å²) in [6.07, 6.45) is 6.29. The molecule has 2 rings (SSSR count). The number of anilines is 2. The van der Waals surface area contributed by atoms with Gasteiger partial charge in [-0.2, -0.15) is 5.10 Å². The molecule has 2 aromatic heterocycles. The van der Waals surface area contributed by atoms with Crippen LogP contribution in [0.4, 0.5) is 11.5 Å². The summed E-state index contributed by atoms with van der Waals surface area (Å²) in [4.78, 5) is 11.5. The van der Waals surface area contributed by atoms with Gasteiger partial charge in [-0.3, -0.25) is 10.4 Å². The topological polar surface area (TPSA) is 89.1 Å². The maximum atomic E-state index is 5.73. The summed E-state index contributed by atoms with van der Waals surface area (Å²) in [6, 6.07) is 3.64. The zero-order valence-corrected chi connectivity index (χ0v) is 9.46. The van der Waals surface area contributed by atoms with E-state index in [0.717, 1.165) is 5.56 Å². The second-order valence-corrected chi connectivity index (χ2v) is 3.44. The van der Waals surface area contributed by atoms with E-state index in [1.54, 1.807) is 18.6 Å². The molecule has 0 spiro atoms. The third kappa shape index (κ3) is 2.88. The number of nitrogens with two attached hydrogens (primary N) is 1. The van der Waals surface area contributed by atoms with Crippen molar-refractivity contribution in [1.82, 2.24) is 15.0 Å². The highest BCUT2D eigenvalue weighted by Crippen LogP contribution is 2.21. The van der Waals surface area contributed by atoms with Crippen LogP contribution in [0.5, 0.6) is 0 Å². The Morgan fingerprint density at radius 2 is 2.06 bits per heavy atom. The van der Waals surface area contributed by atoms with Gasteiger partial charge in [0.05, 0.1) is 6.21 Å². The lowest BCUT2D eigenvalue weighted by Crippen LogP contribution is -2.00. The Hall–Kier alpha value is -2.21. The number of nitrogens with zero attached hydrogens (tertiary/aromatic N) is 4. The predicted molar refractivity (Wildman–Crippen MR) is 66.9 cm³/mol. The van der Waals surface area contributed by atoms with Crippen LogP contribution in [0.2, 0.25) is 5.15 Å². The molecule has 2 heterocycles. The van der Waals surface area contributed by atoms with Crippen molar-refractivity contribution >= 4 is 29.3 Å². The fourth-order valence-electron chi connectivity index (χ4n) is 1.08. The van der Waals surface area contributed by atoms with E-state index in [4.69, 9.17) is 17.3 Å². The van der Waals surface area contributed by atoms with Crippen LogP contribution in [-0.4, -0.2) is 21.2 Å². The number of hydrogen-bond donors (Lipinski definition) is 2. The zero-order chi connectivity index (χ0) is 12.1. The molecular formula is C10H9ClN6. The highest BCUT2D eigenvalue weighted by Gasteiger charge is 2.03. The number of nitrogens with one attached hydrogen (secondary N) is 1. The van der Waals surface area contributed by atoms with Gasteiger partial charge in [-0.1, -0.05) is 11.6 Å². The smallest absolute Gasteiger partial charge is 0.174 e. The van der Waals surface area contributed by atoms with E-state index in [1.165, 1.54) is 6.33 Å². The average Bonchev–Trinajstić information content (AvgIpc) is 2.36. The Balaban J connectivity index is 2.08. The normalized spacial score (nSPS) is 10.6. The number of nitrogen functional groups attached to an aromatic ring is 1. The molecule has 17 heavy (non-hydrogen) atoms. The molecule has 7 heteroatoms. The highest BCUT2D eigenvalue weighted by atomic mass is 35.5. The molecule has 3 N–H and O–H groups in total. The standard InChI is InChI=1S/C10H9ClN6/c11-9-8(12)10(15-6-14-9)17-16-5-7-1-3-13-4-2-7/h1-6H,12H2,(H,14,15,17). The van der Waals surface area contributed by atoms with E-state index < -0.39 is 0 Å². The molecule has 2 aromatic rings. The number of pyridine rings is 1. The number of aromatic nitrogens is 3. The molecule has 6 nitrogen and oxygen atoms in total. The van der Waals surface area contributed by atoms with Gasteiger partial charge in [0, 0.05) is 12.4 Å². The molecule has 0 saturated heterocycles. The summed E-state index contributed by atoms with van der Waals surface area (Å²) >= 11 is 5.73. The first-order valence-corrected chi connectivity index (χ1v) is 5.10. The molecule has 0 saturated carbocycles. The van der Waals surface area contributed by atoms with E-state index >= 15 is 0 Å². The van der Waals surface area contributed by atoms with Crippen molar-refractivity contribution < 1.29 is 0 Å². The van der Waals surface area contributed by atoms with Gasteiger partial charge in [0.1, 0.15) is 12.0 Å². The largest absolute Gasteiger partial charge is 0.393 e. The second-order valence-electron chi connectivity index (χ2n) is 3.08. The van der Waals surface area contributed by atoms with E-state index in [0.29, 0.717) is 5.82 Å². The summed E-state index contributed by atoms with van der Waals surface area (Å²) in [5.74, 6) is 0.371. The minimum atomic E-state index is 0.196. The van der Waals surface area contributed by atoms with Gasteiger partial charge >= 0.3 is 0 Å². The Morgan fingerprint density at radius 1 is 1.29 bits per heavy atom. The molecule has 0 aromatic carbocycles. The summed E-state index contributed by atoms with van der Waals surface area (Å²) in [6.45, 7) is 0. The maximum Gasteiger partial charge on any atom is 0.174 e. The molecule has 0 aliphatic rings. The van der Waals surface area contributed by atoms with E-state index in [1.807, 2.05) is 12.1 Å². The lowest BCUT2D eigenvalue weighted by atomic mass is 10.3. The first-order chi connectivity index (χ1) is 8.27. The zero-order valence-electron chi connectivity index (χ0n) is 8.71. The van der Waals surface area contributed by atoms with Gasteiger partial charge in [-0.15, -0.1) is 0 Å². The van der Waals surface area contributed by atoms with Crippen LogP contribution < -0.4 is 11.2 Å². The SMILES string of the molecule is Nc1c(Cl)ncnc1NN=Cc1ccncc1. The van der Waals surface area contributed by atoms with Crippen LogP contribution in [0, 0.1) is 0 Å². The van der Waals surface area contributed by atoms with Gasteiger partial charge < -0.3 is 5.73 Å². The Bertz CT molecular complexity index is 528. The van der Waals surface area contributed by atoms with Crippen molar-refractivity contribution in [1.29, 1.82) is 0 Å². The molecule has 86 valence electrons. The van der Waals surface area contributed by atoms with Crippen LogP contribution in [-0.2, 0) is 0 Å². The molecule has 0 unspecified atom stereocenters. The van der Waals surface area contributed by atoms with Gasteiger partial charge in [0.25, 0.3) is 0 Å². The second kappa shape index (κ2) is 5.22. The molecule has 0 fully saturated rings. The van der Waals surface area contributed by atoms with Crippen LogP contribution in [0.3, 0.4) is 0 Å². The van der Waals surface area contributed by atoms with Gasteiger partial charge in [-0.25, -0.2) is 9.97 Å². The average molecular weight is 249 g/mol. The molecule has 0 amide bonds. The third-order valence-corrected chi connectivity index (χ3v) is 2.23. The first kappa shape index (κ1) is 11.3. The van der Waals surface area contributed by atoms with Crippen LogP contribution in [0.15, 0.2) is 36.0 Å². The lowest BCUT2D eigenvalue weighted by Gasteiger charge is -2.03.